The van der Waals surface area contributed by atoms with Gasteiger partial charge >= 0.3 is 0 Å². The van der Waals surface area contributed by atoms with E-state index in [9.17, 15) is 9.18 Å². The molecule has 7 nitrogen and oxygen atoms in total. The summed E-state index contributed by atoms with van der Waals surface area (Å²) in [6, 6.07) is 11.5. The summed E-state index contributed by atoms with van der Waals surface area (Å²) in [4.78, 5) is 22.1. The molecule has 29 heavy (non-hydrogen) atoms. The highest BCUT2D eigenvalue weighted by Crippen LogP contribution is 2.29. The van der Waals surface area contributed by atoms with Crippen molar-refractivity contribution in [3.05, 3.63) is 72.3 Å². The van der Waals surface area contributed by atoms with E-state index in [0.29, 0.717) is 36.3 Å². The van der Waals surface area contributed by atoms with Gasteiger partial charge in [-0.05, 0) is 47.9 Å². The number of carbonyl (C=O) groups excluding carboxylic acids is 1. The molecule has 1 aromatic carbocycles. The predicted molar refractivity (Wildman–Crippen MR) is 101 cm³/mol. The summed E-state index contributed by atoms with van der Waals surface area (Å²) in [5.41, 5.74) is 2.18. The molecule has 0 unspecified atom stereocenters. The average molecular weight is 392 g/mol. The quantitative estimate of drug-likeness (QED) is 0.565. The zero-order valence-corrected chi connectivity index (χ0v) is 15.3. The smallest absolute Gasteiger partial charge is 0.293 e. The number of rotatable bonds is 4. The second-order valence-electron chi connectivity index (χ2n) is 6.98. The standard InChI is InChI=1S/C21H17FN4O3/c22-16-5-3-13(4-6-16)15-10-17(23-11-15)21(27)26-8-7-14(12-26)19-24-20(29-25-19)18-2-1-9-28-18/h1-6,9-11,14,23H,7-8,12H2/t14-/m1/s1. The number of carbonyl (C=O) groups is 1. The molecule has 1 N–H and O–H groups in total. The van der Waals surface area contributed by atoms with Crippen molar-refractivity contribution in [1.82, 2.24) is 20.0 Å². The second-order valence-corrected chi connectivity index (χ2v) is 6.98. The van der Waals surface area contributed by atoms with Crippen molar-refractivity contribution in [3.8, 4) is 22.8 Å². The number of H-pyrrole nitrogens is 1. The van der Waals surface area contributed by atoms with E-state index >= 15 is 0 Å². The lowest BCUT2D eigenvalue weighted by atomic mass is 10.1. The van der Waals surface area contributed by atoms with Gasteiger partial charge in [0.2, 0.25) is 0 Å². The number of hydrogen-bond donors (Lipinski definition) is 1. The van der Waals surface area contributed by atoms with Crippen LogP contribution in [0.3, 0.4) is 0 Å². The molecule has 3 aromatic heterocycles. The summed E-state index contributed by atoms with van der Waals surface area (Å²) >= 11 is 0. The van der Waals surface area contributed by atoms with Gasteiger partial charge in [0.15, 0.2) is 11.6 Å². The van der Waals surface area contributed by atoms with Crippen LogP contribution >= 0.6 is 0 Å². The van der Waals surface area contributed by atoms with Gasteiger partial charge in [0, 0.05) is 25.2 Å². The normalized spacial score (nSPS) is 16.4. The van der Waals surface area contributed by atoms with E-state index in [0.717, 1.165) is 17.5 Å². The first-order valence-electron chi connectivity index (χ1n) is 9.28. The van der Waals surface area contributed by atoms with Crippen molar-refractivity contribution in [3.63, 3.8) is 0 Å². The Balaban J connectivity index is 1.28. The lowest BCUT2D eigenvalue weighted by Gasteiger charge is -2.14. The Labute approximate surface area is 165 Å². The van der Waals surface area contributed by atoms with E-state index < -0.39 is 0 Å². The molecule has 1 atom stereocenters. The third kappa shape index (κ3) is 3.33. The number of aromatic amines is 1. The average Bonchev–Trinajstić information content (AvgIpc) is 3.54. The third-order valence-electron chi connectivity index (χ3n) is 5.11. The SMILES string of the molecule is O=C(c1cc(-c2ccc(F)cc2)c[nH]1)N1CC[C@@H](c2noc(-c3ccco3)n2)C1. The van der Waals surface area contributed by atoms with Gasteiger partial charge in [-0.1, -0.05) is 17.3 Å². The van der Waals surface area contributed by atoms with Crippen LogP contribution < -0.4 is 0 Å². The largest absolute Gasteiger partial charge is 0.459 e. The van der Waals surface area contributed by atoms with E-state index in [1.165, 1.54) is 12.1 Å². The maximum absolute atomic E-state index is 13.1. The molecule has 4 heterocycles. The number of likely N-dealkylation sites (tertiary alicyclic amines) is 1. The number of aromatic nitrogens is 3. The number of benzene rings is 1. The minimum atomic E-state index is -0.291. The third-order valence-corrected chi connectivity index (χ3v) is 5.11. The first-order chi connectivity index (χ1) is 14.2. The maximum Gasteiger partial charge on any atom is 0.293 e. The van der Waals surface area contributed by atoms with Gasteiger partial charge in [-0.25, -0.2) is 4.39 Å². The molecule has 5 rings (SSSR count). The summed E-state index contributed by atoms with van der Waals surface area (Å²) in [6.45, 7) is 1.12. The summed E-state index contributed by atoms with van der Waals surface area (Å²) in [5.74, 6) is 1.07. The van der Waals surface area contributed by atoms with Crippen molar-refractivity contribution >= 4 is 5.91 Å². The van der Waals surface area contributed by atoms with Gasteiger partial charge in [0.25, 0.3) is 11.8 Å². The van der Waals surface area contributed by atoms with Crippen LogP contribution in [-0.4, -0.2) is 39.0 Å². The molecular weight excluding hydrogens is 375 g/mol. The molecule has 1 aliphatic heterocycles. The van der Waals surface area contributed by atoms with Gasteiger partial charge in [-0.2, -0.15) is 4.98 Å². The predicted octanol–water partition coefficient (Wildman–Crippen LogP) is 4.09. The van der Waals surface area contributed by atoms with E-state index in [1.807, 2.05) is 0 Å². The van der Waals surface area contributed by atoms with Crippen LogP contribution in [0, 0.1) is 5.82 Å². The van der Waals surface area contributed by atoms with Gasteiger partial charge < -0.3 is 18.8 Å². The first-order valence-corrected chi connectivity index (χ1v) is 9.28. The van der Waals surface area contributed by atoms with Crippen LogP contribution in [0.1, 0.15) is 28.7 Å². The van der Waals surface area contributed by atoms with Crippen LogP contribution in [0.2, 0.25) is 0 Å². The lowest BCUT2D eigenvalue weighted by Crippen LogP contribution is -2.28. The van der Waals surface area contributed by atoms with Crippen LogP contribution in [0.15, 0.2) is 63.9 Å². The zero-order chi connectivity index (χ0) is 19.8. The van der Waals surface area contributed by atoms with Gasteiger partial charge in [-0.3, -0.25) is 4.79 Å². The number of hydrogen-bond acceptors (Lipinski definition) is 5. The van der Waals surface area contributed by atoms with Crippen molar-refractivity contribution in [2.45, 2.75) is 12.3 Å². The fourth-order valence-electron chi connectivity index (χ4n) is 3.55. The number of nitrogens with zero attached hydrogens (tertiary/aromatic N) is 3. The summed E-state index contributed by atoms with van der Waals surface area (Å²) in [7, 11) is 0. The minimum absolute atomic E-state index is 0.0120. The fourth-order valence-corrected chi connectivity index (χ4v) is 3.55. The Morgan fingerprint density at radius 3 is 2.86 bits per heavy atom. The second kappa shape index (κ2) is 7.05. The molecule has 1 aliphatic rings. The first kappa shape index (κ1) is 17.4. The molecule has 0 radical (unpaired) electrons. The number of halogens is 1. The summed E-state index contributed by atoms with van der Waals surface area (Å²) in [6.07, 6.45) is 4.06. The highest BCUT2D eigenvalue weighted by molar-refractivity contribution is 5.94. The zero-order valence-electron chi connectivity index (χ0n) is 15.3. The molecule has 0 aliphatic carbocycles. The van der Waals surface area contributed by atoms with Crippen molar-refractivity contribution < 1.29 is 18.1 Å². The molecule has 1 saturated heterocycles. The molecule has 0 bridgehead atoms. The van der Waals surface area contributed by atoms with Crippen LogP contribution in [0.4, 0.5) is 4.39 Å². The van der Waals surface area contributed by atoms with Crippen molar-refractivity contribution in [1.29, 1.82) is 0 Å². The van der Waals surface area contributed by atoms with E-state index in [4.69, 9.17) is 8.94 Å². The maximum atomic E-state index is 13.1. The van der Waals surface area contributed by atoms with E-state index in [-0.39, 0.29) is 17.6 Å². The monoisotopic (exact) mass is 392 g/mol. The van der Waals surface area contributed by atoms with Gasteiger partial charge in [0.1, 0.15) is 11.5 Å². The fraction of sp³-hybridized carbons (Fsp3) is 0.190. The van der Waals surface area contributed by atoms with Gasteiger partial charge in [-0.15, -0.1) is 0 Å². The molecule has 4 aromatic rings. The Morgan fingerprint density at radius 1 is 1.21 bits per heavy atom. The van der Waals surface area contributed by atoms with Crippen molar-refractivity contribution in [2.75, 3.05) is 13.1 Å². The molecule has 1 fully saturated rings. The van der Waals surface area contributed by atoms with E-state index in [1.54, 1.807) is 47.7 Å². The minimum Gasteiger partial charge on any atom is -0.459 e. The topological polar surface area (TPSA) is 88.2 Å². The number of furan rings is 1. The van der Waals surface area contributed by atoms with Gasteiger partial charge in [0.05, 0.1) is 6.26 Å². The Bertz CT molecular complexity index is 1130. The molecule has 146 valence electrons. The Morgan fingerprint density at radius 2 is 2.07 bits per heavy atom. The highest BCUT2D eigenvalue weighted by Gasteiger charge is 2.32. The van der Waals surface area contributed by atoms with E-state index in [2.05, 4.69) is 15.1 Å². The Hall–Kier alpha value is -3.68. The van der Waals surface area contributed by atoms with Crippen molar-refractivity contribution in [2.24, 2.45) is 0 Å². The van der Waals surface area contributed by atoms with Crippen LogP contribution in [-0.2, 0) is 0 Å². The molecular formula is C21H17FN4O3. The Kier molecular flexibility index (Phi) is 4.23. The number of amides is 1. The van der Waals surface area contributed by atoms with Crippen LogP contribution in [0.25, 0.3) is 22.8 Å². The number of nitrogens with one attached hydrogen (secondary N) is 1. The lowest BCUT2D eigenvalue weighted by molar-refractivity contribution is 0.0785. The molecule has 0 saturated carbocycles. The summed E-state index contributed by atoms with van der Waals surface area (Å²) in [5, 5.41) is 4.05. The summed E-state index contributed by atoms with van der Waals surface area (Å²) < 4.78 is 23.7. The van der Waals surface area contributed by atoms with Crippen LogP contribution in [0.5, 0.6) is 0 Å². The molecule has 1 amide bonds. The molecule has 8 heteroatoms. The highest BCUT2D eigenvalue weighted by atomic mass is 19.1. The molecule has 0 spiro atoms.